The third-order valence-corrected chi connectivity index (χ3v) is 3.35. The van der Waals surface area contributed by atoms with Gasteiger partial charge in [-0.05, 0) is 25.9 Å². The van der Waals surface area contributed by atoms with E-state index in [-0.39, 0.29) is 0 Å². The quantitative estimate of drug-likeness (QED) is 0.690. The van der Waals surface area contributed by atoms with Crippen LogP contribution in [0.25, 0.3) is 0 Å². The molecule has 1 N–H and O–H groups in total. The van der Waals surface area contributed by atoms with Crippen molar-refractivity contribution in [2.45, 2.75) is 32.4 Å². The highest BCUT2D eigenvalue weighted by molar-refractivity contribution is 4.80. The maximum absolute atomic E-state index is 5.45. The molecule has 1 heterocycles. The zero-order valence-corrected chi connectivity index (χ0v) is 11.7. The van der Waals surface area contributed by atoms with E-state index in [1.165, 1.54) is 0 Å². The van der Waals surface area contributed by atoms with E-state index in [1.54, 1.807) is 7.11 Å². The molecule has 0 spiro atoms. The van der Waals surface area contributed by atoms with Gasteiger partial charge in [-0.3, -0.25) is 4.90 Å². The van der Waals surface area contributed by atoms with E-state index in [9.17, 15) is 0 Å². The predicted molar refractivity (Wildman–Crippen MR) is 70.4 cm³/mol. The number of methoxy groups -OCH3 is 1. The van der Waals surface area contributed by atoms with Crippen molar-refractivity contribution in [1.29, 1.82) is 0 Å². The number of likely N-dealkylation sites (N-methyl/N-ethyl adjacent to an activating group) is 1. The van der Waals surface area contributed by atoms with Crippen LogP contribution in [-0.2, 0) is 9.47 Å². The van der Waals surface area contributed by atoms with Gasteiger partial charge in [0, 0.05) is 32.3 Å². The number of nitrogens with zero attached hydrogens (tertiary/aromatic N) is 1. The van der Waals surface area contributed by atoms with Gasteiger partial charge in [-0.1, -0.05) is 13.8 Å². The number of hydrogen-bond acceptors (Lipinski definition) is 4. The molecule has 0 amide bonds. The highest BCUT2D eigenvalue weighted by atomic mass is 16.5. The van der Waals surface area contributed by atoms with Gasteiger partial charge in [-0.2, -0.15) is 0 Å². The Morgan fingerprint density at radius 3 is 2.71 bits per heavy atom. The summed E-state index contributed by atoms with van der Waals surface area (Å²) in [5.41, 5.74) is 0. The molecule has 0 aromatic rings. The van der Waals surface area contributed by atoms with Crippen LogP contribution in [0.1, 0.15) is 20.3 Å². The second-order valence-corrected chi connectivity index (χ2v) is 5.34. The van der Waals surface area contributed by atoms with Gasteiger partial charge in [0.15, 0.2) is 0 Å². The van der Waals surface area contributed by atoms with E-state index in [0.29, 0.717) is 18.0 Å². The van der Waals surface area contributed by atoms with Gasteiger partial charge in [0.25, 0.3) is 0 Å². The topological polar surface area (TPSA) is 33.7 Å². The lowest BCUT2D eigenvalue weighted by Crippen LogP contribution is -2.48. The molecule has 1 aliphatic heterocycles. The van der Waals surface area contributed by atoms with Crippen molar-refractivity contribution in [2.75, 3.05) is 47.1 Å². The molecule has 1 saturated heterocycles. The van der Waals surface area contributed by atoms with Gasteiger partial charge in [-0.15, -0.1) is 0 Å². The summed E-state index contributed by atoms with van der Waals surface area (Å²) in [6.07, 6.45) is 1.14. The summed E-state index contributed by atoms with van der Waals surface area (Å²) in [4.78, 5) is 2.41. The molecule has 4 heteroatoms. The molecule has 102 valence electrons. The highest BCUT2D eigenvalue weighted by Crippen LogP contribution is 2.13. The van der Waals surface area contributed by atoms with Crippen molar-refractivity contribution in [3.8, 4) is 0 Å². The average molecular weight is 244 g/mol. The molecule has 4 nitrogen and oxygen atoms in total. The minimum atomic E-state index is 0.436. The number of nitrogens with one attached hydrogen (secondary N) is 1. The number of hydrogen-bond donors (Lipinski definition) is 1. The molecule has 17 heavy (non-hydrogen) atoms. The molecule has 0 radical (unpaired) electrons. The maximum atomic E-state index is 5.45. The summed E-state index contributed by atoms with van der Waals surface area (Å²) in [7, 11) is 3.95. The van der Waals surface area contributed by atoms with Gasteiger partial charge < -0.3 is 14.8 Å². The second kappa shape index (κ2) is 8.03. The smallest absolute Gasteiger partial charge is 0.0630 e. The summed E-state index contributed by atoms with van der Waals surface area (Å²) < 4.78 is 10.8. The van der Waals surface area contributed by atoms with E-state index < -0.39 is 0 Å². The Labute approximate surface area is 106 Å². The molecule has 2 unspecified atom stereocenters. The first-order valence-electron chi connectivity index (χ1n) is 6.64. The van der Waals surface area contributed by atoms with Crippen molar-refractivity contribution < 1.29 is 9.47 Å². The lowest BCUT2D eigenvalue weighted by molar-refractivity contribution is 0.0716. The van der Waals surface area contributed by atoms with Crippen molar-refractivity contribution in [3.63, 3.8) is 0 Å². The number of rotatable bonds is 8. The Bertz CT molecular complexity index is 194. The summed E-state index contributed by atoms with van der Waals surface area (Å²) in [5.74, 6) is 0.693. The van der Waals surface area contributed by atoms with Crippen LogP contribution in [0, 0.1) is 5.92 Å². The van der Waals surface area contributed by atoms with E-state index in [4.69, 9.17) is 9.47 Å². The van der Waals surface area contributed by atoms with Crippen LogP contribution in [0.3, 0.4) is 0 Å². The van der Waals surface area contributed by atoms with E-state index >= 15 is 0 Å². The zero-order chi connectivity index (χ0) is 12.7. The Morgan fingerprint density at radius 1 is 1.41 bits per heavy atom. The first-order valence-corrected chi connectivity index (χ1v) is 6.64. The zero-order valence-electron chi connectivity index (χ0n) is 11.7. The monoisotopic (exact) mass is 244 g/mol. The van der Waals surface area contributed by atoms with E-state index in [1.807, 2.05) is 0 Å². The summed E-state index contributed by atoms with van der Waals surface area (Å²) >= 11 is 0. The fraction of sp³-hybridized carbons (Fsp3) is 1.00. The highest BCUT2D eigenvalue weighted by Gasteiger charge is 2.25. The Morgan fingerprint density at radius 2 is 2.18 bits per heavy atom. The largest absolute Gasteiger partial charge is 0.383 e. The molecular formula is C13H28N2O2. The van der Waals surface area contributed by atoms with Gasteiger partial charge in [-0.25, -0.2) is 0 Å². The lowest BCUT2D eigenvalue weighted by Gasteiger charge is -2.32. The van der Waals surface area contributed by atoms with Crippen LogP contribution < -0.4 is 5.32 Å². The van der Waals surface area contributed by atoms with E-state index in [0.717, 1.165) is 39.3 Å². The first-order chi connectivity index (χ1) is 8.15. The summed E-state index contributed by atoms with van der Waals surface area (Å²) in [5, 5.41) is 3.51. The van der Waals surface area contributed by atoms with Gasteiger partial charge in [0.05, 0.1) is 13.2 Å². The third-order valence-electron chi connectivity index (χ3n) is 3.35. The molecule has 0 aromatic carbocycles. The van der Waals surface area contributed by atoms with Gasteiger partial charge >= 0.3 is 0 Å². The van der Waals surface area contributed by atoms with Crippen molar-refractivity contribution in [3.05, 3.63) is 0 Å². The minimum Gasteiger partial charge on any atom is -0.383 e. The van der Waals surface area contributed by atoms with Gasteiger partial charge in [0.2, 0.25) is 0 Å². The first kappa shape index (κ1) is 14.9. The molecule has 0 saturated carbocycles. The molecule has 1 aliphatic rings. The van der Waals surface area contributed by atoms with Crippen LogP contribution >= 0.6 is 0 Å². The minimum absolute atomic E-state index is 0.436. The Kier molecular flexibility index (Phi) is 7.04. The van der Waals surface area contributed by atoms with Crippen molar-refractivity contribution >= 4 is 0 Å². The molecule has 2 atom stereocenters. The van der Waals surface area contributed by atoms with E-state index in [2.05, 4.69) is 31.1 Å². The van der Waals surface area contributed by atoms with Crippen LogP contribution in [-0.4, -0.2) is 64.1 Å². The van der Waals surface area contributed by atoms with Gasteiger partial charge in [0.1, 0.15) is 0 Å². The molecule has 1 fully saturated rings. The average Bonchev–Trinajstić information content (AvgIpc) is 2.80. The third kappa shape index (κ3) is 5.34. The number of ether oxygens (including phenoxy) is 2. The molecular weight excluding hydrogens is 216 g/mol. The summed E-state index contributed by atoms with van der Waals surface area (Å²) in [6.45, 7) is 9.04. The fourth-order valence-corrected chi connectivity index (χ4v) is 2.19. The Balaban J connectivity index is 2.34. The van der Waals surface area contributed by atoms with Crippen LogP contribution in [0.5, 0.6) is 0 Å². The Hall–Kier alpha value is -0.160. The maximum Gasteiger partial charge on any atom is 0.0630 e. The molecule has 0 bridgehead atoms. The second-order valence-electron chi connectivity index (χ2n) is 5.34. The SMILES string of the molecule is COCC(CNCC(C)C)N(C)C1CCOC1. The molecule has 1 rings (SSSR count). The standard InChI is InChI=1S/C13H28N2O2/c1-11(2)7-14-8-13(9-16-4)15(3)12-5-6-17-10-12/h11-14H,5-10H2,1-4H3. The predicted octanol–water partition coefficient (Wildman–Crippen LogP) is 0.968. The van der Waals surface area contributed by atoms with Crippen LogP contribution in [0.15, 0.2) is 0 Å². The van der Waals surface area contributed by atoms with Crippen LogP contribution in [0.4, 0.5) is 0 Å². The summed E-state index contributed by atoms with van der Waals surface area (Å²) in [6, 6.07) is 0.987. The van der Waals surface area contributed by atoms with Crippen LogP contribution in [0.2, 0.25) is 0 Å². The molecule has 0 aliphatic carbocycles. The normalized spacial score (nSPS) is 22.6. The van der Waals surface area contributed by atoms with Crippen molar-refractivity contribution in [2.24, 2.45) is 5.92 Å². The fourth-order valence-electron chi connectivity index (χ4n) is 2.19. The molecule has 0 aromatic heterocycles. The van der Waals surface area contributed by atoms with Crippen molar-refractivity contribution in [1.82, 2.24) is 10.2 Å². The lowest BCUT2D eigenvalue weighted by atomic mass is 10.1.